The highest BCUT2D eigenvalue weighted by Crippen LogP contribution is 2.34. The summed E-state index contributed by atoms with van der Waals surface area (Å²) in [5.41, 5.74) is 5.72. The van der Waals surface area contributed by atoms with Crippen LogP contribution in [0.5, 0.6) is 0 Å². The molecular weight excluding hydrogens is 552 g/mol. The van der Waals surface area contributed by atoms with Gasteiger partial charge in [0.2, 0.25) is 5.91 Å². The number of nitrogens with zero attached hydrogens (tertiary/aromatic N) is 3. The quantitative estimate of drug-likeness (QED) is 0.396. The number of hydrogen-bond donors (Lipinski definition) is 3. The van der Waals surface area contributed by atoms with Crippen molar-refractivity contribution in [3.05, 3.63) is 47.3 Å². The summed E-state index contributed by atoms with van der Waals surface area (Å²) in [6.07, 6.45) is 4.95. The second-order valence-electron chi connectivity index (χ2n) is 13.4. The number of rotatable bonds is 9. The van der Waals surface area contributed by atoms with Crippen molar-refractivity contribution in [2.45, 2.75) is 91.5 Å². The van der Waals surface area contributed by atoms with Crippen molar-refractivity contribution in [3.63, 3.8) is 0 Å². The van der Waals surface area contributed by atoms with Crippen LogP contribution in [0.4, 0.5) is 5.69 Å². The number of anilines is 1. The van der Waals surface area contributed by atoms with Crippen LogP contribution in [0.25, 0.3) is 11.1 Å². The Morgan fingerprint density at radius 1 is 1.05 bits per heavy atom. The lowest BCUT2D eigenvalue weighted by Gasteiger charge is -2.41. The first-order valence-corrected chi connectivity index (χ1v) is 16.6. The van der Waals surface area contributed by atoms with Crippen LogP contribution in [0.1, 0.15) is 75.5 Å². The molecule has 0 bridgehead atoms. The first-order valence-electron chi connectivity index (χ1n) is 16.6. The van der Waals surface area contributed by atoms with Crippen molar-refractivity contribution in [3.8, 4) is 11.1 Å². The summed E-state index contributed by atoms with van der Waals surface area (Å²) in [6.45, 7) is 18.3. The molecule has 5 rings (SSSR count). The molecule has 0 aliphatic carbocycles. The van der Waals surface area contributed by atoms with Crippen molar-refractivity contribution in [2.24, 2.45) is 11.8 Å². The zero-order chi connectivity index (χ0) is 31.4. The van der Waals surface area contributed by atoms with Crippen molar-refractivity contribution >= 4 is 17.5 Å². The molecule has 44 heavy (non-hydrogen) atoms. The van der Waals surface area contributed by atoms with E-state index >= 15 is 0 Å². The second-order valence-corrected chi connectivity index (χ2v) is 13.4. The monoisotopic (exact) mass is 604 g/mol. The van der Waals surface area contributed by atoms with Gasteiger partial charge in [0.1, 0.15) is 0 Å². The van der Waals surface area contributed by atoms with Crippen molar-refractivity contribution in [2.75, 3.05) is 44.3 Å². The Hall–Kier alpha value is -3.01. The minimum atomic E-state index is -0.230. The molecule has 5 atom stereocenters. The van der Waals surface area contributed by atoms with E-state index in [1.165, 1.54) is 0 Å². The average Bonchev–Trinajstić information content (AvgIpc) is 2.98. The summed E-state index contributed by atoms with van der Waals surface area (Å²) in [6, 6.07) is 9.86. The van der Waals surface area contributed by atoms with Gasteiger partial charge in [0.15, 0.2) is 0 Å². The summed E-state index contributed by atoms with van der Waals surface area (Å²) in [5.74, 6) is -0.128. The molecule has 3 saturated heterocycles. The van der Waals surface area contributed by atoms with Gasteiger partial charge >= 0.3 is 0 Å². The molecule has 3 fully saturated rings. The predicted octanol–water partition coefficient (Wildman–Crippen LogP) is 4.14. The molecule has 2 amide bonds. The third-order valence-electron chi connectivity index (χ3n) is 9.80. The molecule has 9 nitrogen and oxygen atoms in total. The lowest BCUT2D eigenvalue weighted by molar-refractivity contribution is -0.129. The highest BCUT2D eigenvalue weighted by molar-refractivity contribution is 5.99. The first-order chi connectivity index (χ1) is 21.1. The lowest BCUT2D eigenvalue weighted by atomic mass is 9.84. The molecule has 2 aromatic rings. The normalized spacial score (nSPS) is 27.9. The van der Waals surface area contributed by atoms with E-state index in [1.54, 1.807) is 0 Å². The number of piperidine rings is 2. The number of morpholine rings is 1. The smallest absolute Gasteiger partial charge is 0.251 e. The van der Waals surface area contributed by atoms with E-state index in [4.69, 9.17) is 9.72 Å². The Kier molecular flexibility index (Phi) is 10.6. The Bertz CT molecular complexity index is 1280. The van der Waals surface area contributed by atoms with Crippen molar-refractivity contribution in [1.29, 1.82) is 0 Å². The van der Waals surface area contributed by atoms with Crippen LogP contribution in [-0.4, -0.2) is 85.3 Å². The highest BCUT2D eigenvalue weighted by atomic mass is 16.5. The number of pyridine rings is 1. The topological polar surface area (TPSA) is 98.8 Å². The van der Waals surface area contributed by atoms with Gasteiger partial charge in [-0.25, -0.2) is 0 Å². The minimum Gasteiger partial charge on any atom is -0.379 e. The number of carbonyl (C=O) groups is 2. The predicted molar refractivity (Wildman–Crippen MR) is 176 cm³/mol. The molecule has 240 valence electrons. The standard InChI is InChI=1S/C35H52N6O3/c1-7-41(30-15-24(4)38-25(5)16-30)33-18-28(27-8-9-29(36-19-27)21-40-10-12-44-13-11-40)17-31(26(33)6)34(42)37-20-32-22(2)14-23(3)39-35(32)43/h8-9,17-19,22-25,30,32,38H,7,10-16,20-21H2,1-6H3,(H,37,42)(H,39,43)/t22?,23?,24-,25-,32?/m1/s1. The maximum Gasteiger partial charge on any atom is 0.251 e. The van der Waals surface area contributed by atoms with Crippen molar-refractivity contribution < 1.29 is 14.3 Å². The Balaban J connectivity index is 1.44. The number of ether oxygens (including phenoxy) is 1. The number of hydrogen-bond acceptors (Lipinski definition) is 7. The van der Waals surface area contributed by atoms with E-state index in [2.05, 4.69) is 78.6 Å². The molecule has 0 spiro atoms. The van der Waals surface area contributed by atoms with Gasteiger partial charge in [-0.05, 0) is 89.1 Å². The maximum atomic E-state index is 13.9. The zero-order valence-electron chi connectivity index (χ0n) is 27.5. The van der Waals surface area contributed by atoms with Gasteiger partial charge < -0.3 is 25.6 Å². The van der Waals surface area contributed by atoms with Crippen LogP contribution in [0.3, 0.4) is 0 Å². The molecule has 3 N–H and O–H groups in total. The number of nitrogens with one attached hydrogen (secondary N) is 3. The van der Waals surface area contributed by atoms with Gasteiger partial charge in [0.25, 0.3) is 5.91 Å². The lowest BCUT2D eigenvalue weighted by Crippen LogP contribution is -2.51. The van der Waals surface area contributed by atoms with Crippen LogP contribution in [-0.2, 0) is 16.1 Å². The second kappa shape index (κ2) is 14.4. The number of amides is 2. The maximum absolute atomic E-state index is 13.9. The minimum absolute atomic E-state index is 0.0252. The van der Waals surface area contributed by atoms with E-state index in [0.717, 1.165) is 86.7 Å². The van der Waals surface area contributed by atoms with E-state index in [9.17, 15) is 9.59 Å². The van der Waals surface area contributed by atoms with Gasteiger partial charge in [0, 0.05) is 79.9 Å². The summed E-state index contributed by atoms with van der Waals surface area (Å²) < 4.78 is 5.49. The Labute approximate surface area is 263 Å². The molecule has 4 heterocycles. The van der Waals surface area contributed by atoms with Gasteiger partial charge in [-0.15, -0.1) is 0 Å². The summed E-state index contributed by atoms with van der Waals surface area (Å²) in [4.78, 5) is 36.3. The molecule has 1 aromatic carbocycles. The fraction of sp³-hybridized carbons (Fsp3) is 0.629. The molecule has 3 aliphatic heterocycles. The van der Waals surface area contributed by atoms with Crippen LogP contribution in [0.2, 0.25) is 0 Å². The Morgan fingerprint density at radius 3 is 2.41 bits per heavy atom. The summed E-state index contributed by atoms with van der Waals surface area (Å²) in [5, 5.41) is 9.86. The third kappa shape index (κ3) is 7.61. The van der Waals surface area contributed by atoms with Gasteiger partial charge in [-0.1, -0.05) is 13.0 Å². The van der Waals surface area contributed by atoms with Crippen LogP contribution < -0.4 is 20.9 Å². The Morgan fingerprint density at radius 2 is 1.77 bits per heavy atom. The molecule has 0 radical (unpaired) electrons. The van der Waals surface area contributed by atoms with Crippen LogP contribution >= 0.6 is 0 Å². The van der Waals surface area contributed by atoms with Gasteiger partial charge in [-0.3, -0.25) is 19.5 Å². The van der Waals surface area contributed by atoms with E-state index < -0.39 is 0 Å². The first kappa shape index (κ1) is 32.4. The fourth-order valence-corrected chi connectivity index (χ4v) is 7.47. The number of carbonyl (C=O) groups excluding carboxylic acids is 2. The van der Waals surface area contributed by atoms with Crippen molar-refractivity contribution in [1.82, 2.24) is 25.8 Å². The third-order valence-corrected chi connectivity index (χ3v) is 9.80. The van der Waals surface area contributed by atoms with Gasteiger partial charge in [0.05, 0.1) is 24.8 Å². The fourth-order valence-electron chi connectivity index (χ4n) is 7.47. The van der Waals surface area contributed by atoms with Crippen LogP contribution in [0.15, 0.2) is 30.5 Å². The molecular formula is C35H52N6O3. The number of benzene rings is 1. The zero-order valence-corrected chi connectivity index (χ0v) is 27.5. The largest absolute Gasteiger partial charge is 0.379 e. The van der Waals surface area contributed by atoms with E-state index in [0.29, 0.717) is 30.2 Å². The molecule has 9 heteroatoms. The van der Waals surface area contributed by atoms with Gasteiger partial charge in [-0.2, -0.15) is 0 Å². The van der Waals surface area contributed by atoms with E-state index in [-0.39, 0.29) is 29.7 Å². The summed E-state index contributed by atoms with van der Waals surface area (Å²) >= 11 is 0. The molecule has 3 unspecified atom stereocenters. The SMILES string of the molecule is CCN(c1cc(-c2ccc(CN3CCOCC3)nc2)cc(C(=O)NCC2C(=O)NC(C)CC2C)c1C)C1C[C@@H](C)N[C@H](C)C1. The average molecular weight is 605 g/mol. The van der Waals surface area contributed by atoms with E-state index in [1.807, 2.05) is 19.2 Å². The number of aromatic nitrogens is 1. The summed E-state index contributed by atoms with van der Waals surface area (Å²) in [7, 11) is 0. The highest BCUT2D eigenvalue weighted by Gasteiger charge is 2.33. The molecule has 0 saturated carbocycles. The molecule has 3 aliphatic rings. The van der Waals surface area contributed by atoms with Crippen LogP contribution in [0, 0.1) is 18.8 Å². The molecule has 1 aromatic heterocycles.